The van der Waals surface area contributed by atoms with Gasteiger partial charge in [-0.2, -0.15) is 0 Å². The van der Waals surface area contributed by atoms with Gasteiger partial charge in [-0.3, -0.25) is 0 Å². The van der Waals surface area contributed by atoms with Gasteiger partial charge in [-0.15, -0.1) is 0 Å². The van der Waals surface area contributed by atoms with Gasteiger partial charge in [0.2, 0.25) is 0 Å². The highest BCUT2D eigenvalue weighted by molar-refractivity contribution is 8.16. The van der Waals surface area contributed by atoms with Crippen LogP contribution in [0.2, 0.25) is 0 Å². The Morgan fingerprint density at radius 2 is 2.12 bits per heavy atom. The Balaban J connectivity index is 2.00. The third-order valence-corrected chi connectivity index (χ3v) is 3.84. The van der Waals surface area contributed by atoms with Crippen LogP contribution in [-0.2, 0) is 6.54 Å². The lowest BCUT2D eigenvalue weighted by Crippen LogP contribution is -2.28. The van der Waals surface area contributed by atoms with Gasteiger partial charge in [0, 0.05) is 5.70 Å². The minimum absolute atomic E-state index is 0.561. The average molecular weight is 230 g/mol. The first-order valence-electron chi connectivity index (χ1n) is 5.56. The van der Waals surface area contributed by atoms with Crippen molar-refractivity contribution in [2.75, 3.05) is 0 Å². The van der Waals surface area contributed by atoms with Crippen molar-refractivity contribution < 1.29 is 0 Å². The molecule has 16 heavy (non-hydrogen) atoms. The average Bonchev–Trinajstić information content (AvgIpc) is 2.68. The number of benzene rings is 1. The number of nitrogens with zero attached hydrogens (tertiary/aromatic N) is 2. The highest BCUT2D eigenvalue weighted by Crippen LogP contribution is 2.38. The van der Waals surface area contributed by atoms with Gasteiger partial charge in [-0.05, 0) is 23.0 Å². The van der Waals surface area contributed by atoms with Crippen molar-refractivity contribution in [1.82, 2.24) is 4.90 Å². The molecule has 82 valence electrons. The fraction of sp³-hybridized carbons (Fsp3) is 0.308. The minimum Gasteiger partial charge on any atom is -0.319 e. The van der Waals surface area contributed by atoms with Gasteiger partial charge in [0.15, 0.2) is 5.17 Å². The summed E-state index contributed by atoms with van der Waals surface area (Å²) < 4.78 is 0. The molecule has 2 nitrogen and oxygen atoms in total. The van der Waals surface area contributed by atoms with Crippen molar-refractivity contribution in [3.63, 3.8) is 0 Å². The number of para-hydroxylation sites is 1. The van der Waals surface area contributed by atoms with E-state index in [2.05, 4.69) is 48.4 Å². The van der Waals surface area contributed by atoms with Crippen LogP contribution in [-0.4, -0.2) is 10.1 Å². The second-order valence-corrected chi connectivity index (χ2v) is 5.26. The lowest BCUT2D eigenvalue weighted by atomic mass is 10.1. The summed E-state index contributed by atoms with van der Waals surface area (Å²) in [5.41, 5.74) is 3.83. The molecule has 0 fully saturated rings. The zero-order chi connectivity index (χ0) is 11.1. The Bertz CT molecular complexity index is 488. The number of fused-ring (bicyclic) bond motifs is 2. The van der Waals surface area contributed by atoms with Crippen molar-refractivity contribution >= 4 is 22.6 Å². The molecular weight excluding hydrogens is 216 g/mol. The van der Waals surface area contributed by atoms with Gasteiger partial charge in [-0.25, -0.2) is 4.99 Å². The molecule has 0 aromatic heterocycles. The summed E-state index contributed by atoms with van der Waals surface area (Å²) in [5, 5.41) is 3.36. The molecule has 1 aromatic rings. The number of amidine groups is 1. The van der Waals surface area contributed by atoms with E-state index < -0.39 is 0 Å². The fourth-order valence-corrected chi connectivity index (χ4v) is 3.14. The van der Waals surface area contributed by atoms with Crippen molar-refractivity contribution in [2.24, 2.45) is 10.9 Å². The van der Waals surface area contributed by atoms with E-state index in [1.165, 1.54) is 11.3 Å². The molecule has 2 aliphatic heterocycles. The zero-order valence-corrected chi connectivity index (χ0v) is 10.3. The van der Waals surface area contributed by atoms with Crippen LogP contribution in [0, 0.1) is 5.92 Å². The molecule has 2 heterocycles. The Morgan fingerprint density at radius 3 is 2.94 bits per heavy atom. The van der Waals surface area contributed by atoms with Gasteiger partial charge in [0.05, 0.1) is 12.2 Å². The summed E-state index contributed by atoms with van der Waals surface area (Å²) in [6.45, 7) is 5.43. The van der Waals surface area contributed by atoms with Crippen LogP contribution in [0.3, 0.4) is 0 Å². The van der Waals surface area contributed by atoms with E-state index in [9.17, 15) is 0 Å². The maximum absolute atomic E-state index is 4.69. The molecule has 0 radical (unpaired) electrons. The Hall–Kier alpha value is -1.22. The van der Waals surface area contributed by atoms with E-state index in [1.54, 1.807) is 11.8 Å². The van der Waals surface area contributed by atoms with Crippen LogP contribution < -0.4 is 0 Å². The number of rotatable bonds is 1. The first-order chi connectivity index (χ1) is 7.75. The quantitative estimate of drug-likeness (QED) is 0.730. The third kappa shape index (κ3) is 1.47. The normalized spacial score (nSPS) is 18.1. The van der Waals surface area contributed by atoms with Crippen LogP contribution in [0.15, 0.2) is 40.4 Å². The van der Waals surface area contributed by atoms with Crippen LogP contribution in [0.25, 0.3) is 0 Å². The molecule has 0 bridgehead atoms. The summed E-state index contributed by atoms with van der Waals surface area (Å²) in [4.78, 5) is 7.02. The number of thioether (sulfide) groups is 1. The van der Waals surface area contributed by atoms with Gasteiger partial charge < -0.3 is 4.90 Å². The molecule has 0 spiro atoms. The van der Waals surface area contributed by atoms with E-state index in [-0.39, 0.29) is 0 Å². The number of hydrogen-bond acceptors (Lipinski definition) is 3. The second-order valence-electron chi connectivity index (χ2n) is 4.42. The summed E-state index contributed by atoms with van der Waals surface area (Å²) >= 11 is 1.74. The second kappa shape index (κ2) is 3.67. The van der Waals surface area contributed by atoms with E-state index in [0.717, 1.165) is 17.4 Å². The van der Waals surface area contributed by atoms with Crippen molar-refractivity contribution in [3.8, 4) is 0 Å². The lowest BCUT2D eigenvalue weighted by molar-refractivity contribution is 0.455. The first-order valence-corrected chi connectivity index (χ1v) is 6.44. The fourth-order valence-electron chi connectivity index (χ4n) is 2.07. The van der Waals surface area contributed by atoms with Gasteiger partial charge >= 0.3 is 0 Å². The van der Waals surface area contributed by atoms with Crippen LogP contribution in [0.5, 0.6) is 0 Å². The lowest BCUT2D eigenvalue weighted by Gasteiger charge is -2.28. The molecule has 0 saturated carbocycles. The Labute approximate surface area is 100 Å². The summed E-state index contributed by atoms with van der Waals surface area (Å²) in [7, 11) is 0. The third-order valence-electron chi connectivity index (χ3n) is 2.96. The largest absolute Gasteiger partial charge is 0.319 e. The molecule has 1 aromatic carbocycles. The molecule has 0 unspecified atom stereocenters. The molecule has 3 rings (SSSR count). The van der Waals surface area contributed by atoms with E-state index in [1.807, 2.05) is 0 Å². The zero-order valence-electron chi connectivity index (χ0n) is 9.47. The number of allylic oxidation sites excluding steroid dienone is 1. The smallest absolute Gasteiger partial charge is 0.173 e. The minimum atomic E-state index is 0.561. The summed E-state index contributed by atoms with van der Waals surface area (Å²) in [5.74, 6) is 0.561. The predicted octanol–water partition coefficient (Wildman–Crippen LogP) is 3.73. The maximum Gasteiger partial charge on any atom is 0.173 e. The molecule has 0 N–H and O–H groups in total. The standard InChI is InChI=1S/C13H14N2S/c1-9(2)12-8-16-13-14-11-6-4-3-5-10(11)7-15(12)13/h3-6,8-9H,7H2,1-2H3. The van der Waals surface area contributed by atoms with Gasteiger partial charge in [0.1, 0.15) is 0 Å². The predicted molar refractivity (Wildman–Crippen MR) is 69.6 cm³/mol. The van der Waals surface area contributed by atoms with Gasteiger partial charge in [-0.1, -0.05) is 43.8 Å². The molecule has 0 saturated heterocycles. The van der Waals surface area contributed by atoms with Crippen molar-refractivity contribution in [3.05, 3.63) is 40.9 Å². The Kier molecular flexibility index (Phi) is 2.28. The first kappa shape index (κ1) is 9.97. The van der Waals surface area contributed by atoms with E-state index >= 15 is 0 Å². The van der Waals surface area contributed by atoms with Crippen LogP contribution in [0.1, 0.15) is 19.4 Å². The highest BCUT2D eigenvalue weighted by atomic mass is 32.2. The number of aliphatic imine (C=N–C) groups is 1. The summed E-state index contributed by atoms with van der Waals surface area (Å²) in [6.07, 6.45) is 0. The van der Waals surface area contributed by atoms with Crippen LogP contribution in [0.4, 0.5) is 5.69 Å². The van der Waals surface area contributed by atoms with E-state index in [4.69, 9.17) is 4.99 Å². The van der Waals surface area contributed by atoms with Gasteiger partial charge in [0.25, 0.3) is 0 Å². The molecule has 2 aliphatic rings. The SMILES string of the molecule is CC(C)C1=CSC2=Nc3ccccc3CN12. The maximum atomic E-state index is 4.69. The van der Waals surface area contributed by atoms with Crippen molar-refractivity contribution in [2.45, 2.75) is 20.4 Å². The van der Waals surface area contributed by atoms with E-state index in [0.29, 0.717) is 5.92 Å². The van der Waals surface area contributed by atoms with Crippen molar-refractivity contribution in [1.29, 1.82) is 0 Å². The molecule has 0 atom stereocenters. The van der Waals surface area contributed by atoms with Crippen LogP contribution >= 0.6 is 11.8 Å². The monoisotopic (exact) mass is 230 g/mol. The molecular formula is C13H14N2S. The summed E-state index contributed by atoms with van der Waals surface area (Å²) in [6, 6.07) is 8.39. The molecule has 3 heteroatoms. The number of hydrogen-bond donors (Lipinski definition) is 0. The molecule has 0 amide bonds. The molecule has 0 aliphatic carbocycles. The topological polar surface area (TPSA) is 15.6 Å². The highest BCUT2D eigenvalue weighted by Gasteiger charge is 2.28. The Morgan fingerprint density at radius 1 is 1.31 bits per heavy atom.